The van der Waals surface area contributed by atoms with Crippen molar-refractivity contribution in [2.24, 2.45) is 5.73 Å². The SMILES string of the molecule is CCCCCCCCCCCCN(CCCCCCN)CCCCCCCCCCCC. The smallest absolute Gasteiger partial charge is 0.00187 e. The van der Waals surface area contributed by atoms with Gasteiger partial charge in [0.05, 0.1) is 0 Å². The molecular weight excluding hydrogens is 388 g/mol. The highest BCUT2D eigenvalue weighted by atomic mass is 15.1. The molecule has 0 aliphatic heterocycles. The lowest BCUT2D eigenvalue weighted by Crippen LogP contribution is -2.27. The molecule has 0 amide bonds. The van der Waals surface area contributed by atoms with E-state index in [0.29, 0.717) is 0 Å². The van der Waals surface area contributed by atoms with Crippen LogP contribution in [0.5, 0.6) is 0 Å². The van der Waals surface area contributed by atoms with Crippen molar-refractivity contribution in [3.63, 3.8) is 0 Å². The highest BCUT2D eigenvalue weighted by Gasteiger charge is 2.05. The Morgan fingerprint density at radius 1 is 0.344 bits per heavy atom. The molecule has 0 radical (unpaired) electrons. The normalized spacial score (nSPS) is 11.6. The maximum atomic E-state index is 5.65. The van der Waals surface area contributed by atoms with Gasteiger partial charge in [-0.05, 0) is 51.9 Å². The van der Waals surface area contributed by atoms with Crippen LogP contribution in [-0.2, 0) is 0 Å². The molecule has 0 aliphatic carbocycles. The van der Waals surface area contributed by atoms with Crippen molar-refractivity contribution in [2.45, 2.75) is 168 Å². The van der Waals surface area contributed by atoms with Gasteiger partial charge in [-0.1, -0.05) is 142 Å². The van der Waals surface area contributed by atoms with Gasteiger partial charge in [0.25, 0.3) is 0 Å². The summed E-state index contributed by atoms with van der Waals surface area (Å²) in [6, 6.07) is 0. The van der Waals surface area contributed by atoms with Crippen LogP contribution in [0.3, 0.4) is 0 Å². The van der Waals surface area contributed by atoms with Crippen molar-refractivity contribution in [1.82, 2.24) is 4.90 Å². The first-order chi connectivity index (χ1) is 15.8. The number of rotatable bonds is 28. The molecule has 0 aliphatic rings. The van der Waals surface area contributed by atoms with E-state index >= 15 is 0 Å². The molecule has 0 atom stereocenters. The quantitative estimate of drug-likeness (QED) is 0.120. The van der Waals surface area contributed by atoms with Crippen LogP contribution < -0.4 is 5.73 Å². The van der Waals surface area contributed by atoms with Gasteiger partial charge in [0, 0.05) is 0 Å². The van der Waals surface area contributed by atoms with E-state index in [9.17, 15) is 0 Å². The average molecular weight is 453 g/mol. The standard InChI is InChI=1S/C30H64N2/c1-3-5-7-9-11-13-15-17-20-24-28-32(30-26-22-19-23-27-31)29-25-21-18-16-14-12-10-8-6-4-2/h3-31H2,1-2H3. The molecule has 0 fully saturated rings. The van der Waals surface area contributed by atoms with Gasteiger partial charge in [0.15, 0.2) is 0 Å². The van der Waals surface area contributed by atoms with Crippen molar-refractivity contribution in [1.29, 1.82) is 0 Å². The zero-order chi connectivity index (χ0) is 23.4. The van der Waals surface area contributed by atoms with Gasteiger partial charge in [-0.3, -0.25) is 0 Å². The molecule has 194 valence electrons. The van der Waals surface area contributed by atoms with Gasteiger partial charge < -0.3 is 10.6 Å². The topological polar surface area (TPSA) is 29.3 Å². The maximum Gasteiger partial charge on any atom is -0.00187 e. The number of nitrogens with two attached hydrogens (primary N) is 1. The Kier molecular flexibility index (Phi) is 28.9. The molecule has 0 heterocycles. The summed E-state index contributed by atoms with van der Waals surface area (Å²) in [5.41, 5.74) is 5.65. The number of hydrogen-bond acceptors (Lipinski definition) is 2. The molecule has 0 bridgehead atoms. The second-order valence-corrected chi connectivity index (χ2v) is 10.4. The largest absolute Gasteiger partial charge is 0.330 e. The van der Waals surface area contributed by atoms with Crippen LogP contribution in [0.25, 0.3) is 0 Å². The number of unbranched alkanes of at least 4 members (excludes halogenated alkanes) is 21. The van der Waals surface area contributed by atoms with Crippen molar-refractivity contribution < 1.29 is 0 Å². The third-order valence-corrected chi connectivity index (χ3v) is 7.08. The van der Waals surface area contributed by atoms with E-state index in [-0.39, 0.29) is 0 Å². The van der Waals surface area contributed by atoms with E-state index in [1.807, 2.05) is 0 Å². The van der Waals surface area contributed by atoms with Gasteiger partial charge in [0.1, 0.15) is 0 Å². The molecule has 0 aromatic carbocycles. The van der Waals surface area contributed by atoms with E-state index in [2.05, 4.69) is 18.7 Å². The van der Waals surface area contributed by atoms with E-state index < -0.39 is 0 Å². The van der Waals surface area contributed by atoms with Gasteiger partial charge in [-0.2, -0.15) is 0 Å². The minimum absolute atomic E-state index is 0.862. The first-order valence-electron chi connectivity index (χ1n) is 15.3. The molecule has 0 saturated heterocycles. The molecule has 2 N–H and O–H groups in total. The lowest BCUT2D eigenvalue weighted by atomic mass is 10.1. The second kappa shape index (κ2) is 29.0. The summed E-state index contributed by atoms with van der Waals surface area (Å²) in [4.78, 5) is 2.79. The fraction of sp³-hybridized carbons (Fsp3) is 1.00. The van der Waals surface area contributed by atoms with Gasteiger partial charge in [0.2, 0.25) is 0 Å². The van der Waals surface area contributed by atoms with E-state index in [4.69, 9.17) is 5.73 Å². The lowest BCUT2D eigenvalue weighted by Gasteiger charge is -2.22. The molecule has 0 saturated carbocycles. The predicted molar refractivity (Wildman–Crippen MR) is 148 cm³/mol. The number of hydrogen-bond donors (Lipinski definition) is 1. The van der Waals surface area contributed by atoms with Crippen LogP contribution in [0.1, 0.15) is 168 Å². The molecule has 32 heavy (non-hydrogen) atoms. The summed E-state index contributed by atoms with van der Waals surface area (Å²) in [5.74, 6) is 0. The van der Waals surface area contributed by atoms with Gasteiger partial charge in [-0.15, -0.1) is 0 Å². The average Bonchev–Trinajstić information content (AvgIpc) is 2.80. The fourth-order valence-electron chi connectivity index (χ4n) is 4.81. The molecule has 0 aromatic rings. The summed E-state index contributed by atoms with van der Waals surface area (Å²) in [7, 11) is 0. The Labute approximate surface area is 204 Å². The van der Waals surface area contributed by atoms with Crippen LogP contribution in [0.2, 0.25) is 0 Å². The Hall–Kier alpha value is -0.0800. The number of nitrogens with zero attached hydrogens (tertiary/aromatic N) is 1. The fourth-order valence-corrected chi connectivity index (χ4v) is 4.81. The minimum Gasteiger partial charge on any atom is -0.330 e. The molecule has 2 nitrogen and oxygen atoms in total. The van der Waals surface area contributed by atoms with Crippen molar-refractivity contribution in [3.8, 4) is 0 Å². The highest BCUT2D eigenvalue weighted by Crippen LogP contribution is 2.13. The lowest BCUT2D eigenvalue weighted by molar-refractivity contribution is 0.254. The second-order valence-electron chi connectivity index (χ2n) is 10.4. The Bertz CT molecular complexity index is 294. The van der Waals surface area contributed by atoms with Gasteiger partial charge in [-0.25, -0.2) is 0 Å². The first-order valence-corrected chi connectivity index (χ1v) is 15.3. The molecule has 0 aromatic heterocycles. The van der Waals surface area contributed by atoms with E-state index in [0.717, 1.165) is 6.54 Å². The highest BCUT2D eigenvalue weighted by molar-refractivity contribution is 4.61. The zero-order valence-electron chi connectivity index (χ0n) is 22.8. The molecule has 0 rings (SSSR count). The maximum absolute atomic E-state index is 5.65. The summed E-state index contributed by atoms with van der Waals surface area (Å²) < 4.78 is 0. The van der Waals surface area contributed by atoms with Gasteiger partial charge >= 0.3 is 0 Å². The summed E-state index contributed by atoms with van der Waals surface area (Å²) >= 11 is 0. The van der Waals surface area contributed by atoms with Crippen LogP contribution in [0.15, 0.2) is 0 Å². The minimum atomic E-state index is 0.862. The Balaban J connectivity index is 3.74. The molecule has 0 spiro atoms. The van der Waals surface area contributed by atoms with E-state index in [1.54, 1.807) is 0 Å². The van der Waals surface area contributed by atoms with Crippen molar-refractivity contribution in [2.75, 3.05) is 26.2 Å². The third kappa shape index (κ3) is 26.2. The van der Waals surface area contributed by atoms with Crippen molar-refractivity contribution in [3.05, 3.63) is 0 Å². The summed E-state index contributed by atoms with van der Waals surface area (Å²) in [6.45, 7) is 9.47. The van der Waals surface area contributed by atoms with Crippen molar-refractivity contribution >= 4 is 0 Å². The predicted octanol–water partition coefficient (Wildman–Crippen LogP) is 9.65. The van der Waals surface area contributed by atoms with Crippen LogP contribution in [0.4, 0.5) is 0 Å². The van der Waals surface area contributed by atoms with Crippen LogP contribution in [-0.4, -0.2) is 31.1 Å². The molecular formula is C30H64N2. The molecule has 2 heteroatoms. The zero-order valence-corrected chi connectivity index (χ0v) is 22.8. The monoisotopic (exact) mass is 453 g/mol. The third-order valence-electron chi connectivity index (χ3n) is 7.08. The summed E-state index contributed by atoms with van der Waals surface area (Å²) in [6.07, 6.45) is 34.1. The van der Waals surface area contributed by atoms with Crippen LogP contribution >= 0.6 is 0 Å². The van der Waals surface area contributed by atoms with Crippen LogP contribution in [0, 0.1) is 0 Å². The Morgan fingerprint density at radius 2 is 0.594 bits per heavy atom. The summed E-state index contributed by atoms with van der Waals surface area (Å²) in [5, 5.41) is 0. The van der Waals surface area contributed by atoms with E-state index in [1.165, 1.54) is 174 Å². The molecule has 0 unspecified atom stereocenters. The first kappa shape index (κ1) is 31.9. The Morgan fingerprint density at radius 3 is 0.875 bits per heavy atom.